The fourth-order valence-electron chi connectivity index (χ4n) is 2.34. The molecule has 0 aliphatic rings. The van der Waals surface area contributed by atoms with Crippen LogP contribution in [-0.4, -0.2) is 36.6 Å². The van der Waals surface area contributed by atoms with Gasteiger partial charge in [0.1, 0.15) is 0 Å². The minimum absolute atomic E-state index is 0.326. The molecule has 0 spiro atoms. The van der Waals surface area contributed by atoms with Gasteiger partial charge in [-0.15, -0.1) is 0 Å². The van der Waals surface area contributed by atoms with Crippen molar-refractivity contribution in [3.8, 4) is 0 Å². The van der Waals surface area contributed by atoms with E-state index in [0.29, 0.717) is 17.6 Å². The summed E-state index contributed by atoms with van der Waals surface area (Å²) in [4.78, 5) is 6.59. The quantitative estimate of drug-likeness (QED) is 0.865. The van der Waals surface area contributed by atoms with Crippen LogP contribution < -0.4 is 11.1 Å². The number of rotatable bonds is 5. The Labute approximate surface area is 134 Å². The lowest BCUT2D eigenvalue weighted by atomic mass is 10.0. The first-order chi connectivity index (χ1) is 9.88. The third kappa shape index (κ3) is 3.86. The molecule has 4 nitrogen and oxygen atoms in total. The van der Waals surface area contributed by atoms with Gasteiger partial charge in [0, 0.05) is 22.4 Å². The Bertz CT molecular complexity index is 620. The maximum atomic E-state index is 6.16. The highest BCUT2D eigenvalue weighted by molar-refractivity contribution is 9.10. The Morgan fingerprint density at radius 3 is 2.67 bits per heavy atom. The Hall–Kier alpha value is -1.33. The van der Waals surface area contributed by atoms with Crippen LogP contribution in [0.2, 0.25) is 0 Å². The average Bonchev–Trinajstić information content (AvgIpc) is 2.40. The second kappa shape index (κ2) is 6.62. The maximum Gasteiger partial charge on any atom is 0.0743 e. The fourth-order valence-corrected chi connectivity index (χ4v) is 2.70. The fraction of sp³-hybridized carbons (Fsp3) is 0.438. The van der Waals surface area contributed by atoms with Gasteiger partial charge in [0.2, 0.25) is 0 Å². The molecule has 0 saturated heterocycles. The van der Waals surface area contributed by atoms with Crippen molar-refractivity contribution in [1.29, 1.82) is 0 Å². The highest BCUT2D eigenvalue weighted by Gasteiger charge is 2.17. The Balaban J connectivity index is 2.44. The van der Waals surface area contributed by atoms with Gasteiger partial charge in [0.15, 0.2) is 0 Å². The van der Waals surface area contributed by atoms with Crippen LogP contribution in [0.15, 0.2) is 28.9 Å². The molecule has 0 saturated carbocycles. The van der Waals surface area contributed by atoms with Crippen molar-refractivity contribution in [2.24, 2.45) is 5.92 Å². The molecular weight excluding hydrogens is 328 g/mol. The van der Waals surface area contributed by atoms with E-state index in [2.05, 4.69) is 65.1 Å². The molecule has 1 aromatic carbocycles. The van der Waals surface area contributed by atoms with E-state index >= 15 is 0 Å². The summed E-state index contributed by atoms with van der Waals surface area (Å²) in [7, 11) is 4.17. The van der Waals surface area contributed by atoms with Gasteiger partial charge in [-0.2, -0.15) is 0 Å². The zero-order valence-electron chi connectivity index (χ0n) is 13.0. The number of nitrogens with two attached hydrogens (primary N) is 1. The normalized spacial score (nSPS) is 13.1. The molecule has 1 unspecified atom stereocenters. The second-order valence-electron chi connectivity index (χ2n) is 6.01. The van der Waals surface area contributed by atoms with E-state index in [1.165, 1.54) is 0 Å². The van der Waals surface area contributed by atoms with Gasteiger partial charge < -0.3 is 16.0 Å². The van der Waals surface area contributed by atoms with Crippen LogP contribution in [0.3, 0.4) is 0 Å². The number of hydrogen-bond donors (Lipinski definition) is 2. The van der Waals surface area contributed by atoms with Crippen LogP contribution in [0.4, 0.5) is 11.4 Å². The van der Waals surface area contributed by atoms with Gasteiger partial charge in [-0.3, -0.25) is 4.98 Å². The molecule has 1 atom stereocenters. The van der Waals surface area contributed by atoms with Crippen LogP contribution in [0.5, 0.6) is 0 Å². The molecule has 114 valence electrons. The minimum atomic E-state index is 0.326. The number of halogens is 1. The molecular formula is C16H23BrN4. The number of fused-ring (bicyclic) bond motifs is 1. The number of aromatic nitrogens is 1. The van der Waals surface area contributed by atoms with Crippen LogP contribution in [-0.2, 0) is 0 Å². The van der Waals surface area contributed by atoms with E-state index in [-0.39, 0.29) is 0 Å². The number of pyridine rings is 1. The van der Waals surface area contributed by atoms with Crippen molar-refractivity contribution >= 4 is 38.2 Å². The number of hydrogen-bond acceptors (Lipinski definition) is 4. The lowest BCUT2D eigenvalue weighted by molar-refractivity contribution is 0.345. The first-order valence-corrected chi connectivity index (χ1v) is 7.92. The molecule has 0 radical (unpaired) electrons. The summed E-state index contributed by atoms with van der Waals surface area (Å²) in [6, 6.07) is 6.38. The SMILES string of the molecule is CC(C)C(CN(C)C)Nc1c(N)cnc2ccc(Br)cc12. The second-order valence-corrected chi connectivity index (χ2v) is 6.92. The van der Waals surface area contributed by atoms with Crippen LogP contribution in [0.1, 0.15) is 13.8 Å². The van der Waals surface area contributed by atoms with Gasteiger partial charge in [-0.1, -0.05) is 29.8 Å². The molecule has 0 bridgehead atoms. The van der Waals surface area contributed by atoms with Crippen LogP contribution in [0, 0.1) is 5.92 Å². The summed E-state index contributed by atoms with van der Waals surface area (Å²) in [5.74, 6) is 0.502. The molecule has 3 N–H and O–H groups in total. The number of benzene rings is 1. The third-order valence-corrected chi connectivity index (χ3v) is 4.05. The van der Waals surface area contributed by atoms with E-state index in [1.807, 2.05) is 12.1 Å². The summed E-state index contributed by atoms with van der Waals surface area (Å²) in [6.45, 7) is 5.39. The molecule has 5 heteroatoms. The Morgan fingerprint density at radius 1 is 1.33 bits per heavy atom. The number of nitrogens with zero attached hydrogens (tertiary/aromatic N) is 2. The number of nitrogen functional groups attached to an aromatic ring is 1. The van der Waals surface area contributed by atoms with E-state index in [9.17, 15) is 0 Å². The molecule has 0 amide bonds. The summed E-state index contributed by atoms with van der Waals surface area (Å²) in [5, 5.41) is 4.67. The van der Waals surface area contributed by atoms with E-state index < -0.39 is 0 Å². The van der Waals surface area contributed by atoms with Crippen molar-refractivity contribution in [2.45, 2.75) is 19.9 Å². The van der Waals surface area contributed by atoms with Crippen LogP contribution >= 0.6 is 15.9 Å². The summed E-state index contributed by atoms with van der Waals surface area (Å²) in [6.07, 6.45) is 1.73. The number of likely N-dealkylation sites (N-methyl/N-ethyl adjacent to an activating group) is 1. The monoisotopic (exact) mass is 350 g/mol. The number of nitrogens with one attached hydrogen (secondary N) is 1. The van der Waals surface area contributed by atoms with E-state index in [0.717, 1.165) is 27.6 Å². The summed E-state index contributed by atoms with van der Waals surface area (Å²) >= 11 is 3.52. The summed E-state index contributed by atoms with van der Waals surface area (Å²) < 4.78 is 1.03. The van der Waals surface area contributed by atoms with Crippen molar-refractivity contribution in [1.82, 2.24) is 9.88 Å². The molecule has 0 fully saturated rings. The van der Waals surface area contributed by atoms with Gasteiger partial charge >= 0.3 is 0 Å². The average molecular weight is 351 g/mol. The lowest BCUT2D eigenvalue weighted by Crippen LogP contribution is -2.36. The third-order valence-electron chi connectivity index (χ3n) is 3.56. The highest BCUT2D eigenvalue weighted by atomic mass is 79.9. The van der Waals surface area contributed by atoms with E-state index in [4.69, 9.17) is 5.73 Å². The molecule has 2 rings (SSSR count). The molecule has 21 heavy (non-hydrogen) atoms. The predicted octanol–water partition coefficient (Wildman–Crippen LogP) is 3.58. The van der Waals surface area contributed by atoms with E-state index in [1.54, 1.807) is 6.20 Å². The topological polar surface area (TPSA) is 54.2 Å². The highest BCUT2D eigenvalue weighted by Crippen LogP contribution is 2.31. The molecule has 2 aromatic rings. The zero-order chi connectivity index (χ0) is 15.6. The minimum Gasteiger partial charge on any atom is -0.396 e. The molecule has 0 aliphatic carbocycles. The van der Waals surface area contributed by atoms with Gasteiger partial charge in [0.05, 0.1) is 23.1 Å². The smallest absolute Gasteiger partial charge is 0.0743 e. The maximum absolute atomic E-state index is 6.16. The molecule has 1 aromatic heterocycles. The van der Waals surface area contributed by atoms with Crippen molar-refractivity contribution in [3.63, 3.8) is 0 Å². The first-order valence-electron chi connectivity index (χ1n) is 7.13. The first kappa shape index (κ1) is 16.0. The summed E-state index contributed by atoms with van der Waals surface area (Å²) in [5.41, 5.74) is 8.77. The lowest BCUT2D eigenvalue weighted by Gasteiger charge is -2.27. The Morgan fingerprint density at radius 2 is 2.05 bits per heavy atom. The van der Waals surface area contributed by atoms with Gasteiger partial charge in [0.25, 0.3) is 0 Å². The molecule has 1 heterocycles. The Kier molecular flexibility index (Phi) is 5.06. The predicted molar refractivity (Wildman–Crippen MR) is 94.7 cm³/mol. The number of anilines is 2. The van der Waals surface area contributed by atoms with Gasteiger partial charge in [-0.05, 0) is 38.2 Å². The molecule has 0 aliphatic heterocycles. The zero-order valence-corrected chi connectivity index (χ0v) is 14.6. The van der Waals surface area contributed by atoms with Crippen LogP contribution in [0.25, 0.3) is 10.9 Å². The van der Waals surface area contributed by atoms with Crippen molar-refractivity contribution in [3.05, 3.63) is 28.9 Å². The van der Waals surface area contributed by atoms with Crippen molar-refractivity contribution in [2.75, 3.05) is 31.7 Å². The van der Waals surface area contributed by atoms with Gasteiger partial charge in [-0.25, -0.2) is 0 Å². The van der Waals surface area contributed by atoms with Crippen molar-refractivity contribution < 1.29 is 0 Å². The largest absolute Gasteiger partial charge is 0.396 e. The standard InChI is InChI=1S/C16H23BrN4/c1-10(2)15(9-21(3)4)20-16-12-7-11(17)5-6-14(12)19-8-13(16)18/h5-8,10,15H,9,18H2,1-4H3,(H,19,20).